The molecule has 0 saturated heterocycles. The van der Waals surface area contributed by atoms with Crippen molar-refractivity contribution in [2.45, 2.75) is 25.7 Å². The van der Waals surface area contributed by atoms with Gasteiger partial charge >= 0.3 is 0 Å². The van der Waals surface area contributed by atoms with Gasteiger partial charge in [-0.15, -0.1) is 0 Å². The van der Waals surface area contributed by atoms with Gasteiger partial charge in [-0.2, -0.15) is 0 Å². The van der Waals surface area contributed by atoms with E-state index in [4.69, 9.17) is 9.47 Å². The van der Waals surface area contributed by atoms with Crippen LogP contribution in [-0.4, -0.2) is 39.9 Å². The lowest BCUT2D eigenvalue weighted by atomic mass is 9.99. The summed E-state index contributed by atoms with van der Waals surface area (Å²) in [4.78, 5) is 10.7. The summed E-state index contributed by atoms with van der Waals surface area (Å²) in [5.41, 5.74) is 6.09. The van der Waals surface area contributed by atoms with Crippen LogP contribution in [0.3, 0.4) is 0 Å². The number of methoxy groups -OCH3 is 1. The Morgan fingerprint density at radius 2 is 1.37 bits per heavy atom. The van der Waals surface area contributed by atoms with Crippen molar-refractivity contribution in [3.05, 3.63) is 72.3 Å². The van der Waals surface area contributed by atoms with E-state index >= 15 is 0 Å². The molecular formula is C30H36O3P2. The SMILES string of the molecule is COCCCCCCOc1ccc(-c2ccc(-c3ccc(/C=C/C=O)cc3PC)cc2PC)cc1. The van der Waals surface area contributed by atoms with E-state index in [0.717, 1.165) is 43.7 Å². The van der Waals surface area contributed by atoms with Gasteiger partial charge in [0.05, 0.1) is 6.61 Å². The first kappa shape index (κ1) is 27.3. The van der Waals surface area contributed by atoms with Gasteiger partial charge in [0.2, 0.25) is 0 Å². The van der Waals surface area contributed by atoms with Crippen molar-refractivity contribution in [1.29, 1.82) is 0 Å². The maximum atomic E-state index is 10.7. The highest BCUT2D eigenvalue weighted by molar-refractivity contribution is 7.47. The van der Waals surface area contributed by atoms with Gasteiger partial charge in [0, 0.05) is 13.7 Å². The van der Waals surface area contributed by atoms with E-state index in [-0.39, 0.29) is 0 Å². The Morgan fingerprint density at radius 3 is 2.06 bits per heavy atom. The predicted molar refractivity (Wildman–Crippen MR) is 156 cm³/mol. The molecule has 0 aliphatic heterocycles. The van der Waals surface area contributed by atoms with E-state index < -0.39 is 0 Å². The van der Waals surface area contributed by atoms with Crippen LogP contribution < -0.4 is 15.3 Å². The second-order valence-electron chi connectivity index (χ2n) is 8.34. The predicted octanol–water partition coefficient (Wildman–Crippen LogP) is 6.69. The molecule has 0 N–H and O–H groups in total. The Labute approximate surface area is 213 Å². The average Bonchev–Trinajstić information content (AvgIpc) is 2.91. The Hall–Kier alpha value is -2.31. The molecule has 0 aromatic heterocycles. The molecule has 0 radical (unpaired) electrons. The third kappa shape index (κ3) is 8.11. The van der Waals surface area contributed by atoms with Crippen LogP contribution in [0, 0.1) is 0 Å². The van der Waals surface area contributed by atoms with Crippen molar-refractivity contribution in [3.63, 3.8) is 0 Å². The van der Waals surface area contributed by atoms with Crippen LogP contribution in [0.25, 0.3) is 28.3 Å². The molecule has 3 aromatic carbocycles. The van der Waals surface area contributed by atoms with Crippen LogP contribution in [0.15, 0.2) is 66.7 Å². The number of rotatable bonds is 14. The monoisotopic (exact) mass is 506 g/mol. The molecule has 2 unspecified atom stereocenters. The second-order valence-corrected chi connectivity index (χ2v) is 10.4. The molecule has 0 heterocycles. The first-order valence-corrected chi connectivity index (χ1v) is 15.2. The summed E-state index contributed by atoms with van der Waals surface area (Å²) in [6, 6.07) is 21.8. The van der Waals surface area contributed by atoms with Gasteiger partial charge in [0.15, 0.2) is 0 Å². The standard InChI is InChI=1S/C30H36O3P2/c1-32-19-6-4-5-7-20-33-26-14-11-24(12-15-26)27-17-13-25(22-30(27)35-3)28-16-10-23(9-8-18-31)21-29(28)34-2/h8-18,21-22,34-35H,4-7,19-20H2,1-3H3/b9-8+. The van der Waals surface area contributed by atoms with Gasteiger partial charge in [0.25, 0.3) is 0 Å². The molecule has 3 nitrogen and oxygen atoms in total. The van der Waals surface area contributed by atoms with E-state index in [0.29, 0.717) is 17.2 Å². The zero-order chi connectivity index (χ0) is 24.9. The average molecular weight is 507 g/mol. The Balaban J connectivity index is 1.71. The third-order valence-corrected chi connectivity index (χ3v) is 7.86. The fourth-order valence-corrected chi connectivity index (χ4v) is 5.67. The molecule has 0 aliphatic carbocycles. The number of allylic oxidation sites excluding steroid dienone is 1. The lowest BCUT2D eigenvalue weighted by molar-refractivity contribution is -0.104. The lowest BCUT2D eigenvalue weighted by Gasteiger charge is -2.14. The molecule has 3 aromatic rings. The minimum atomic E-state index is 0.681. The molecule has 0 saturated carbocycles. The van der Waals surface area contributed by atoms with Gasteiger partial charge < -0.3 is 9.47 Å². The van der Waals surface area contributed by atoms with Gasteiger partial charge in [-0.3, -0.25) is 4.79 Å². The number of carbonyl (C=O) groups excluding carboxylic acids is 1. The molecule has 0 amide bonds. The minimum Gasteiger partial charge on any atom is -0.494 e. The van der Waals surface area contributed by atoms with Gasteiger partial charge in [-0.1, -0.05) is 66.1 Å². The molecule has 0 bridgehead atoms. The van der Waals surface area contributed by atoms with Gasteiger partial charge in [0.1, 0.15) is 12.0 Å². The molecule has 5 heteroatoms. The topological polar surface area (TPSA) is 35.5 Å². The van der Waals surface area contributed by atoms with Crippen molar-refractivity contribution in [2.24, 2.45) is 0 Å². The van der Waals surface area contributed by atoms with E-state index in [1.807, 2.05) is 6.08 Å². The van der Waals surface area contributed by atoms with Crippen LogP contribution in [0.1, 0.15) is 31.2 Å². The maximum absolute atomic E-state index is 10.7. The summed E-state index contributed by atoms with van der Waals surface area (Å²) in [6.07, 6.45) is 8.78. The summed E-state index contributed by atoms with van der Waals surface area (Å²) in [7, 11) is 3.13. The molecule has 35 heavy (non-hydrogen) atoms. The number of unbranched alkanes of at least 4 members (excludes halogenated alkanes) is 3. The Kier molecular flexibility index (Phi) is 11.6. The maximum Gasteiger partial charge on any atom is 0.142 e. The zero-order valence-corrected chi connectivity index (χ0v) is 23.0. The van der Waals surface area contributed by atoms with Crippen LogP contribution in [0.5, 0.6) is 5.75 Å². The van der Waals surface area contributed by atoms with Gasteiger partial charge in [-0.25, -0.2) is 0 Å². The Morgan fingerprint density at radius 1 is 0.743 bits per heavy atom. The van der Waals surface area contributed by atoms with Crippen LogP contribution in [-0.2, 0) is 9.53 Å². The molecule has 0 spiro atoms. The van der Waals surface area contributed by atoms with E-state index in [1.54, 1.807) is 13.2 Å². The highest BCUT2D eigenvalue weighted by atomic mass is 31.1. The van der Waals surface area contributed by atoms with Crippen molar-refractivity contribution in [1.82, 2.24) is 0 Å². The van der Waals surface area contributed by atoms with Crippen LogP contribution in [0.4, 0.5) is 0 Å². The molecular weight excluding hydrogens is 470 g/mol. The normalized spacial score (nSPS) is 11.9. The minimum absolute atomic E-state index is 0.681. The smallest absolute Gasteiger partial charge is 0.142 e. The molecule has 184 valence electrons. The van der Waals surface area contributed by atoms with Crippen molar-refractivity contribution < 1.29 is 14.3 Å². The lowest BCUT2D eigenvalue weighted by Crippen LogP contribution is -2.05. The number of ether oxygens (including phenoxy) is 2. The zero-order valence-electron chi connectivity index (χ0n) is 21.0. The van der Waals surface area contributed by atoms with Crippen molar-refractivity contribution >= 4 is 40.1 Å². The highest BCUT2D eigenvalue weighted by Gasteiger charge is 2.10. The number of hydrogen-bond acceptors (Lipinski definition) is 3. The summed E-state index contributed by atoms with van der Waals surface area (Å²) in [6.45, 7) is 6.04. The largest absolute Gasteiger partial charge is 0.494 e. The van der Waals surface area contributed by atoms with E-state index in [1.165, 1.54) is 45.7 Å². The molecule has 0 aliphatic rings. The molecule has 0 fully saturated rings. The summed E-state index contributed by atoms with van der Waals surface area (Å²) in [5.74, 6) is 0.931. The molecule has 2 atom stereocenters. The van der Waals surface area contributed by atoms with Crippen LogP contribution >= 0.6 is 17.2 Å². The highest BCUT2D eigenvalue weighted by Crippen LogP contribution is 2.30. The first-order chi connectivity index (χ1) is 17.2. The van der Waals surface area contributed by atoms with Crippen molar-refractivity contribution in [2.75, 3.05) is 33.7 Å². The number of hydrogen-bond donors (Lipinski definition) is 0. The second kappa shape index (κ2) is 14.9. The van der Waals surface area contributed by atoms with Gasteiger partial charge in [-0.05, 0) is 101 Å². The number of aldehydes is 1. The number of benzene rings is 3. The first-order valence-electron chi connectivity index (χ1n) is 12.2. The summed E-state index contributed by atoms with van der Waals surface area (Å²) < 4.78 is 11.0. The summed E-state index contributed by atoms with van der Waals surface area (Å²) >= 11 is 0. The van der Waals surface area contributed by atoms with E-state index in [2.05, 4.69) is 74.0 Å². The summed E-state index contributed by atoms with van der Waals surface area (Å²) in [5, 5.41) is 2.68. The third-order valence-electron chi connectivity index (χ3n) is 5.96. The quantitative estimate of drug-likeness (QED) is 0.106. The van der Waals surface area contributed by atoms with Crippen LogP contribution in [0.2, 0.25) is 0 Å². The van der Waals surface area contributed by atoms with Crippen molar-refractivity contribution in [3.8, 4) is 28.0 Å². The molecule has 3 rings (SSSR count). The Bertz CT molecular complexity index is 1110. The fraction of sp³-hybridized carbons (Fsp3) is 0.300. The van der Waals surface area contributed by atoms with E-state index in [9.17, 15) is 4.79 Å². The fourth-order valence-electron chi connectivity index (χ4n) is 4.07. The number of carbonyl (C=O) groups is 1.